The number of carbonyl (C=O) groups excluding carboxylic acids is 3. The lowest BCUT2D eigenvalue weighted by Gasteiger charge is -2.25. The van der Waals surface area contributed by atoms with Crippen molar-refractivity contribution in [3.63, 3.8) is 0 Å². The van der Waals surface area contributed by atoms with Crippen LogP contribution in [0.4, 0.5) is 4.79 Å². The van der Waals surface area contributed by atoms with Crippen LogP contribution in [0.3, 0.4) is 0 Å². The number of hydrogen-bond acceptors (Lipinski definition) is 4. The molecule has 1 fully saturated rings. The van der Waals surface area contributed by atoms with Crippen molar-refractivity contribution < 1.29 is 14.4 Å². The van der Waals surface area contributed by atoms with Crippen molar-refractivity contribution in [2.45, 2.75) is 18.9 Å². The minimum absolute atomic E-state index is 0.179. The number of amides is 4. The molecule has 2 aromatic carbocycles. The second-order valence-electron chi connectivity index (χ2n) is 5.83. The van der Waals surface area contributed by atoms with Gasteiger partial charge in [-0.15, -0.1) is 0 Å². The summed E-state index contributed by atoms with van der Waals surface area (Å²) >= 11 is 0. The zero-order chi connectivity index (χ0) is 18.7. The third-order valence-electron chi connectivity index (χ3n) is 4.36. The number of nitriles is 1. The summed E-state index contributed by atoms with van der Waals surface area (Å²) in [6, 6.07) is 16.1. The van der Waals surface area contributed by atoms with Crippen molar-refractivity contribution in [2.24, 2.45) is 0 Å². The predicted octanol–water partition coefficient (Wildman–Crippen LogP) is 2.06. The molecule has 130 valence electrons. The molecule has 0 bridgehead atoms. The fourth-order valence-electron chi connectivity index (χ4n) is 2.93. The molecule has 1 heterocycles. The molecule has 2 aromatic rings. The molecular formula is C19H16N4O3. The second kappa shape index (κ2) is 6.69. The van der Waals surface area contributed by atoms with E-state index < -0.39 is 23.4 Å². The van der Waals surface area contributed by atoms with Crippen molar-refractivity contribution in [3.05, 3.63) is 71.3 Å². The molecule has 0 saturated carbocycles. The topological polar surface area (TPSA) is 102 Å². The lowest BCUT2D eigenvalue weighted by molar-refractivity contribution is -0.133. The highest BCUT2D eigenvalue weighted by Crippen LogP contribution is 2.31. The van der Waals surface area contributed by atoms with Gasteiger partial charge in [0.2, 0.25) is 0 Å². The molecule has 1 aliphatic rings. The maximum atomic E-state index is 12.9. The molecule has 0 spiro atoms. The Bertz CT molecular complexity index is 920. The highest BCUT2D eigenvalue weighted by atomic mass is 16.2. The Labute approximate surface area is 150 Å². The summed E-state index contributed by atoms with van der Waals surface area (Å²) in [5.74, 6) is -1.20. The van der Waals surface area contributed by atoms with Crippen LogP contribution in [-0.2, 0) is 10.3 Å². The molecule has 7 nitrogen and oxygen atoms in total. The highest BCUT2D eigenvalue weighted by Gasteiger charge is 2.52. The van der Waals surface area contributed by atoms with Gasteiger partial charge in [-0.05, 0) is 30.2 Å². The van der Waals surface area contributed by atoms with E-state index in [9.17, 15) is 14.4 Å². The monoisotopic (exact) mass is 348 g/mol. The SMILES string of the molecule is CC[C@@]1(c2ccccc2)NC(=O)N(NC(=O)c2cccc(C#N)c2)C1=O. The fourth-order valence-corrected chi connectivity index (χ4v) is 2.93. The summed E-state index contributed by atoms with van der Waals surface area (Å²) in [5.41, 5.74) is 2.24. The van der Waals surface area contributed by atoms with E-state index in [1.807, 2.05) is 12.1 Å². The number of rotatable bonds is 4. The van der Waals surface area contributed by atoms with E-state index in [4.69, 9.17) is 5.26 Å². The average molecular weight is 348 g/mol. The molecule has 0 aliphatic carbocycles. The Kier molecular flexibility index (Phi) is 4.42. The van der Waals surface area contributed by atoms with Gasteiger partial charge in [-0.25, -0.2) is 4.79 Å². The molecule has 4 amide bonds. The first-order valence-electron chi connectivity index (χ1n) is 8.05. The van der Waals surface area contributed by atoms with Gasteiger partial charge in [-0.3, -0.25) is 15.0 Å². The summed E-state index contributed by atoms with van der Waals surface area (Å²) in [6.07, 6.45) is 0.331. The molecule has 3 rings (SSSR count). The minimum Gasteiger partial charge on any atom is -0.318 e. The van der Waals surface area contributed by atoms with E-state index >= 15 is 0 Å². The standard InChI is InChI=1S/C19H16N4O3/c1-2-19(15-9-4-3-5-10-15)17(25)23(18(26)21-19)22-16(24)14-8-6-7-13(11-14)12-20/h3-11H,2H2,1H3,(H,21,26)(H,22,24)/t19-/m0/s1. The fraction of sp³-hybridized carbons (Fsp3) is 0.158. The average Bonchev–Trinajstić information content (AvgIpc) is 2.93. The first-order chi connectivity index (χ1) is 12.5. The Morgan fingerprint density at radius 3 is 2.58 bits per heavy atom. The zero-order valence-electron chi connectivity index (χ0n) is 14.0. The van der Waals surface area contributed by atoms with Crippen LogP contribution in [0.2, 0.25) is 0 Å². The summed E-state index contributed by atoms with van der Waals surface area (Å²) in [6.45, 7) is 1.78. The summed E-state index contributed by atoms with van der Waals surface area (Å²) in [4.78, 5) is 37.7. The second-order valence-corrected chi connectivity index (χ2v) is 5.83. The molecule has 1 aliphatic heterocycles. The molecule has 0 unspecified atom stereocenters. The van der Waals surface area contributed by atoms with Gasteiger partial charge in [0.1, 0.15) is 5.54 Å². The lowest BCUT2D eigenvalue weighted by Crippen LogP contribution is -2.48. The Morgan fingerprint density at radius 1 is 1.19 bits per heavy atom. The maximum Gasteiger partial charge on any atom is 0.344 e. The first kappa shape index (κ1) is 17.2. The highest BCUT2D eigenvalue weighted by molar-refractivity contribution is 6.09. The quantitative estimate of drug-likeness (QED) is 0.826. The van der Waals surface area contributed by atoms with Gasteiger partial charge in [0.25, 0.3) is 11.8 Å². The number of hydrazine groups is 1. The van der Waals surface area contributed by atoms with Crippen LogP contribution in [0.5, 0.6) is 0 Å². The van der Waals surface area contributed by atoms with Crippen molar-refractivity contribution in [2.75, 3.05) is 0 Å². The number of carbonyl (C=O) groups is 3. The Morgan fingerprint density at radius 2 is 1.92 bits per heavy atom. The van der Waals surface area contributed by atoms with Crippen LogP contribution in [0.15, 0.2) is 54.6 Å². The van der Waals surface area contributed by atoms with E-state index in [1.165, 1.54) is 12.1 Å². The molecule has 0 aromatic heterocycles. The van der Waals surface area contributed by atoms with Crippen LogP contribution in [-0.4, -0.2) is 22.9 Å². The third-order valence-corrected chi connectivity index (χ3v) is 4.36. The minimum atomic E-state index is -1.22. The number of benzene rings is 2. The lowest BCUT2D eigenvalue weighted by atomic mass is 9.87. The van der Waals surface area contributed by atoms with E-state index in [0.29, 0.717) is 22.6 Å². The summed E-state index contributed by atoms with van der Waals surface area (Å²) in [7, 11) is 0. The molecular weight excluding hydrogens is 332 g/mol. The number of imide groups is 1. The Balaban J connectivity index is 1.87. The Hall–Kier alpha value is -3.66. The van der Waals surface area contributed by atoms with E-state index in [-0.39, 0.29) is 5.56 Å². The molecule has 0 radical (unpaired) electrons. The van der Waals surface area contributed by atoms with E-state index in [1.54, 1.807) is 43.3 Å². The van der Waals surface area contributed by atoms with E-state index in [2.05, 4.69) is 10.7 Å². The van der Waals surface area contributed by atoms with Gasteiger partial charge in [0.05, 0.1) is 11.6 Å². The van der Waals surface area contributed by atoms with Crippen LogP contribution >= 0.6 is 0 Å². The first-order valence-corrected chi connectivity index (χ1v) is 8.05. The maximum absolute atomic E-state index is 12.9. The van der Waals surface area contributed by atoms with Gasteiger partial charge >= 0.3 is 6.03 Å². The van der Waals surface area contributed by atoms with Gasteiger partial charge in [-0.1, -0.05) is 43.3 Å². The normalized spacial score (nSPS) is 19.0. The summed E-state index contributed by atoms with van der Waals surface area (Å²) in [5, 5.41) is 12.3. The van der Waals surface area contributed by atoms with Gasteiger partial charge in [-0.2, -0.15) is 10.3 Å². The van der Waals surface area contributed by atoms with Crippen molar-refractivity contribution in [3.8, 4) is 6.07 Å². The molecule has 26 heavy (non-hydrogen) atoms. The molecule has 1 saturated heterocycles. The van der Waals surface area contributed by atoms with Crippen molar-refractivity contribution in [1.82, 2.24) is 15.8 Å². The third kappa shape index (κ3) is 2.78. The predicted molar refractivity (Wildman–Crippen MR) is 92.4 cm³/mol. The zero-order valence-corrected chi connectivity index (χ0v) is 14.0. The van der Waals surface area contributed by atoms with Crippen LogP contribution in [0, 0.1) is 11.3 Å². The van der Waals surface area contributed by atoms with Crippen LogP contribution in [0.25, 0.3) is 0 Å². The number of hydrogen-bond donors (Lipinski definition) is 2. The van der Waals surface area contributed by atoms with Crippen LogP contribution < -0.4 is 10.7 Å². The van der Waals surface area contributed by atoms with Gasteiger partial charge in [0, 0.05) is 5.56 Å². The molecule has 2 N–H and O–H groups in total. The van der Waals surface area contributed by atoms with Gasteiger partial charge < -0.3 is 5.32 Å². The number of nitrogens with one attached hydrogen (secondary N) is 2. The molecule has 1 atom stereocenters. The summed E-state index contributed by atoms with van der Waals surface area (Å²) < 4.78 is 0. The van der Waals surface area contributed by atoms with Crippen LogP contribution in [0.1, 0.15) is 34.8 Å². The largest absolute Gasteiger partial charge is 0.344 e. The molecule has 7 heteroatoms. The smallest absolute Gasteiger partial charge is 0.318 e. The van der Waals surface area contributed by atoms with Crippen molar-refractivity contribution >= 4 is 17.8 Å². The van der Waals surface area contributed by atoms with Crippen molar-refractivity contribution in [1.29, 1.82) is 5.26 Å². The van der Waals surface area contributed by atoms with E-state index in [0.717, 1.165) is 0 Å². The van der Waals surface area contributed by atoms with Gasteiger partial charge in [0.15, 0.2) is 0 Å². The number of urea groups is 1. The number of nitrogens with zero attached hydrogens (tertiary/aromatic N) is 2.